The van der Waals surface area contributed by atoms with Crippen LogP contribution in [-0.4, -0.2) is 31.8 Å². The molecule has 118 valence electrons. The van der Waals surface area contributed by atoms with Gasteiger partial charge in [-0.15, -0.1) is 0 Å². The van der Waals surface area contributed by atoms with Gasteiger partial charge in [0.1, 0.15) is 5.75 Å². The zero-order valence-electron chi connectivity index (χ0n) is 12.9. The lowest BCUT2D eigenvalue weighted by molar-refractivity contribution is -0.384. The maximum Gasteiger partial charge on any atom is 0.270 e. The van der Waals surface area contributed by atoms with Crippen molar-refractivity contribution < 1.29 is 14.4 Å². The second kappa shape index (κ2) is 9.31. The summed E-state index contributed by atoms with van der Waals surface area (Å²) in [7, 11) is 1.65. The highest BCUT2D eigenvalue weighted by Crippen LogP contribution is 2.24. The number of nitro groups is 1. The molecule has 1 aromatic carbocycles. The van der Waals surface area contributed by atoms with Crippen molar-refractivity contribution in [3.63, 3.8) is 0 Å². The summed E-state index contributed by atoms with van der Waals surface area (Å²) in [6.07, 6.45) is 0.784. The van der Waals surface area contributed by atoms with Crippen molar-refractivity contribution in [2.75, 3.05) is 26.9 Å². The SMILES string of the molecule is COCCCOc1ccc([N+](=O)[O-])cc1CNCC(C)C. The summed E-state index contributed by atoms with van der Waals surface area (Å²) in [6.45, 7) is 6.80. The van der Waals surface area contributed by atoms with E-state index in [0.717, 1.165) is 18.5 Å². The van der Waals surface area contributed by atoms with E-state index in [1.807, 2.05) is 0 Å². The minimum absolute atomic E-state index is 0.0839. The molecular weight excluding hydrogens is 272 g/mol. The number of hydrogen-bond donors (Lipinski definition) is 1. The van der Waals surface area contributed by atoms with Gasteiger partial charge in [-0.05, 0) is 18.5 Å². The summed E-state index contributed by atoms with van der Waals surface area (Å²) in [5.74, 6) is 1.21. The molecular formula is C15H24N2O4. The third-order valence-electron chi connectivity index (χ3n) is 2.87. The Hall–Kier alpha value is -1.66. The van der Waals surface area contributed by atoms with E-state index in [1.54, 1.807) is 19.2 Å². The van der Waals surface area contributed by atoms with Crippen LogP contribution >= 0.6 is 0 Å². The van der Waals surface area contributed by atoms with E-state index >= 15 is 0 Å². The molecule has 0 aliphatic heterocycles. The molecule has 0 unspecified atom stereocenters. The molecule has 0 saturated heterocycles. The number of nitro benzene ring substituents is 1. The third kappa shape index (κ3) is 6.55. The first-order valence-corrected chi connectivity index (χ1v) is 7.14. The molecule has 1 N–H and O–H groups in total. The van der Waals surface area contributed by atoms with E-state index < -0.39 is 0 Å². The van der Waals surface area contributed by atoms with Crippen LogP contribution in [0.5, 0.6) is 5.75 Å². The highest BCUT2D eigenvalue weighted by molar-refractivity contribution is 5.43. The lowest BCUT2D eigenvalue weighted by atomic mass is 10.1. The molecule has 0 aromatic heterocycles. The Balaban J connectivity index is 2.71. The van der Waals surface area contributed by atoms with E-state index in [9.17, 15) is 10.1 Å². The van der Waals surface area contributed by atoms with Gasteiger partial charge in [0.2, 0.25) is 0 Å². The summed E-state index contributed by atoms with van der Waals surface area (Å²) in [6, 6.07) is 4.70. The molecule has 0 heterocycles. The van der Waals surface area contributed by atoms with Crippen molar-refractivity contribution in [1.29, 1.82) is 0 Å². The number of methoxy groups -OCH3 is 1. The van der Waals surface area contributed by atoms with E-state index in [1.165, 1.54) is 6.07 Å². The van der Waals surface area contributed by atoms with E-state index in [2.05, 4.69) is 19.2 Å². The lowest BCUT2D eigenvalue weighted by Crippen LogP contribution is -2.19. The molecule has 1 aromatic rings. The van der Waals surface area contributed by atoms with Gasteiger partial charge >= 0.3 is 0 Å². The van der Waals surface area contributed by atoms with Crippen LogP contribution in [0.25, 0.3) is 0 Å². The molecule has 6 heteroatoms. The number of nitrogens with zero attached hydrogens (tertiary/aromatic N) is 1. The fraction of sp³-hybridized carbons (Fsp3) is 0.600. The molecule has 0 saturated carbocycles. The van der Waals surface area contributed by atoms with Gasteiger partial charge in [-0.1, -0.05) is 13.8 Å². The second-order valence-corrected chi connectivity index (χ2v) is 5.27. The number of rotatable bonds is 10. The van der Waals surface area contributed by atoms with E-state index in [4.69, 9.17) is 9.47 Å². The quantitative estimate of drug-likeness (QED) is 0.408. The fourth-order valence-corrected chi connectivity index (χ4v) is 1.84. The van der Waals surface area contributed by atoms with Crippen LogP contribution in [0.1, 0.15) is 25.8 Å². The van der Waals surface area contributed by atoms with E-state index in [0.29, 0.717) is 31.4 Å². The minimum Gasteiger partial charge on any atom is -0.493 e. The Bertz CT molecular complexity index is 449. The highest BCUT2D eigenvalue weighted by atomic mass is 16.6. The zero-order valence-corrected chi connectivity index (χ0v) is 12.9. The summed E-state index contributed by atoms with van der Waals surface area (Å²) < 4.78 is 10.7. The molecule has 0 bridgehead atoms. The van der Waals surface area contributed by atoms with Crippen LogP contribution in [0.2, 0.25) is 0 Å². The number of nitrogens with one attached hydrogen (secondary N) is 1. The lowest BCUT2D eigenvalue weighted by Gasteiger charge is -2.13. The maximum atomic E-state index is 10.9. The van der Waals surface area contributed by atoms with Crippen molar-refractivity contribution in [3.05, 3.63) is 33.9 Å². The van der Waals surface area contributed by atoms with Crippen LogP contribution in [0.15, 0.2) is 18.2 Å². The van der Waals surface area contributed by atoms with E-state index in [-0.39, 0.29) is 10.6 Å². The molecule has 0 spiro atoms. The second-order valence-electron chi connectivity index (χ2n) is 5.27. The Morgan fingerprint density at radius 1 is 1.33 bits per heavy atom. The Labute approximate surface area is 125 Å². The summed E-state index contributed by atoms with van der Waals surface area (Å²) in [4.78, 5) is 10.5. The third-order valence-corrected chi connectivity index (χ3v) is 2.87. The monoisotopic (exact) mass is 296 g/mol. The summed E-state index contributed by atoms with van der Waals surface area (Å²) >= 11 is 0. The van der Waals surface area contributed by atoms with Gasteiger partial charge in [0.25, 0.3) is 5.69 Å². The van der Waals surface area contributed by atoms with Crippen molar-refractivity contribution in [2.45, 2.75) is 26.8 Å². The standard InChI is InChI=1S/C15H24N2O4/c1-12(2)10-16-11-13-9-14(17(18)19)5-6-15(13)21-8-4-7-20-3/h5-6,9,12,16H,4,7-8,10-11H2,1-3H3. The number of non-ortho nitro benzene ring substituents is 1. The predicted molar refractivity (Wildman–Crippen MR) is 81.6 cm³/mol. The molecule has 6 nitrogen and oxygen atoms in total. The van der Waals surface area contributed by atoms with Gasteiger partial charge in [-0.2, -0.15) is 0 Å². The topological polar surface area (TPSA) is 73.6 Å². The van der Waals surface area contributed by atoms with Crippen molar-refractivity contribution in [2.24, 2.45) is 5.92 Å². The molecule has 0 radical (unpaired) electrons. The molecule has 21 heavy (non-hydrogen) atoms. The normalized spacial score (nSPS) is 10.9. The van der Waals surface area contributed by atoms with Gasteiger partial charge in [0.05, 0.1) is 11.5 Å². The number of benzene rings is 1. The number of ether oxygens (including phenoxy) is 2. The van der Waals surface area contributed by atoms with Crippen LogP contribution in [-0.2, 0) is 11.3 Å². The summed E-state index contributed by atoms with van der Waals surface area (Å²) in [5.41, 5.74) is 0.892. The first-order chi connectivity index (χ1) is 10.0. The first kappa shape index (κ1) is 17.4. The first-order valence-electron chi connectivity index (χ1n) is 7.14. The largest absolute Gasteiger partial charge is 0.493 e. The van der Waals surface area contributed by atoms with Crippen LogP contribution in [0.4, 0.5) is 5.69 Å². The summed E-state index contributed by atoms with van der Waals surface area (Å²) in [5, 5.41) is 14.2. The minimum atomic E-state index is -0.388. The average molecular weight is 296 g/mol. The molecule has 0 aliphatic rings. The fourth-order valence-electron chi connectivity index (χ4n) is 1.84. The Kier molecular flexibility index (Phi) is 7.71. The van der Waals surface area contributed by atoms with Crippen LogP contribution in [0.3, 0.4) is 0 Å². The highest BCUT2D eigenvalue weighted by Gasteiger charge is 2.11. The Morgan fingerprint density at radius 2 is 2.10 bits per heavy atom. The molecule has 0 atom stereocenters. The van der Waals surface area contributed by atoms with Crippen LogP contribution < -0.4 is 10.1 Å². The van der Waals surface area contributed by atoms with Crippen molar-refractivity contribution in [1.82, 2.24) is 5.32 Å². The van der Waals surface area contributed by atoms with Gasteiger partial charge in [0.15, 0.2) is 0 Å². The Morgan fingerprint density at radius 3 is 2.71 bits per heavy atom. The molecule has 1 rings (SSSR count). The molecule has 0 fully saturated rings. The van der Waals surface area contributed by atoms with Crippen molar-refractivity contribution >= 4 is 5.69 Å². The number of hydrogen-bond acceptors (Lipinski definition) is 5. The van der Waals surface area contributed by atoms with Crippen LogP contribution in [0, 0.1) is 16.0 Å². The maximum absolute atomic E-state index is 10.9. The molecule has 0 amide bonds. The van der Waals surface area contributed by atoms with Gasteiger partial charge in [0, 0.05) is 44.4 Å². The molecule has 0 aliphatic carbocycles. The van der Waals surface area contributed by atoms with Gasteiger partial charge in [-0.3, -0.25) is 10.1 Å². The van der Waals surface area contributed by atoms with Gasteiger partial charge < -0.3 is 14.8 Å². The average Bonchev–Trinajstić information content (AvgIpc) is 2.44. The zero-order chi connectivity index (χ0) is 15.7. The van der Waals surface area contributed by atoms with Gasteiger partial charge in [-0.25, -0.2) is 0 Å². The predicted octanol–water partition coefficient (Wildman–Crippen LogP) is 2.76. The smallest absolute Gasteiger partial charge is 0.270 e. The van der Waals surface area contributed by atoms with Crippen molar-refractivity contribution in [3.8, 4) is 5.75 Å².